The first-order valence-corrected chi connectivity index (χ1v) is 7.29. The van der Waals surface area contributed by atoms with Crippen molar-refractivity contribution in [2.45, 2.75) is 52.9 Å². The molecule has 0 atom stereocenters. The van der Waals surface area contributed by atoms with E-state index in [1.54, 1.807) is 4.68 Å². The lowest BCUT2D eigenvalue weighted by Gasteiger charge is -2.18. The number of aryl methyl sites for hydroxylation is 2. The summed E-state index contributed by atoms with van der Waals surface area (Å²) in [5.41, 5.74) is 9.99. The fourth-order valence-corrected chi connectivity index (χ4v) is 2.64. The van der Waals surface area contributed by atoms with Gasteiger partial charge in [-0.25, -0.2) is 9.97 Å². The van der Waals surface area contributed by atoms with E-state index in [0.29, 0.717) is 17.6 Å². The van der Waals surface area contributed by atoms with Gasteiger partial charge in [0.25, 0.3) is 0 Å². The largest absolute Gasteiger partial charge is 0.383 e. The third-order valence-electron chi connectivity index (χ3n) is 3.52. The van der Waals surface area contributed by atoms with Crippen molar-refractivity contribution in [1.82, 2.24) is 19.7 Å². The molecule has 2 heterocycles. The van der Waals surface area contributed by atoms with Gasteiger partial charge < -0.3 is 5.73 Å². The van der Waals surface area contributed by atoms with Crippen LogP contribution in [0.15, 0.2) is 6.20 Å². The van der Waals surface area contributed by atoms with Gasteiger partial charge in [0.15, 0.2) is 5.82 Å². The molecule has 0 amide bonds. The number of nitrogen functional groups attached to an aromatic ring is 1. The van der Waals surface area contributed by atoms with E-state index in [-0.39, 0.29) is 5.41 Å². The Hall–Kier alpha value is -1.91. The van der Waals surface area contributed by atoms with Gasteiger partial charge in [0.2, 0.25) is 0 Å². The average molecular weight is 287 g/mol. The van der Waals surface area contributed by atoms with E-state index < -0.39 is 0 Å². The number of aromatic nitrogens is 4. The second-order valence-electron chi connectivity index (χ2n) is 6.90. The molecule has 114 valence electrons. The van der Waals surface area contributed by atoms with Crippen molar-refractivity contribution in [2.75, 3.05) is 5.73 Å². The first-order chi connectivity index (χ1) is 9.61. The van der Waals surface area contributed by atoms with E-state index in [1.807, 2.05) is 20.2 Å². The van der Waals surface area contributed by atoms with E-state index in [0.717, 1.165) is 22.5 Å². The summed E-state index contributed by atoms with van der Waals surface area (Å²) in [6.45, 7) is 12.6. The zero-order valence-electron chi connectivity index (χ0n) is 14.0. The molecule has 0 aliphatic heterocycles. The number of nitrogens with zero attached hydrogens (tertiary/aromatic N) is 4. The molecule has 0 spiro atoms. The molecule has 2 aromatic rings. The van der Waals surface area contributed by atoms with E-state index in [1.165, 1.54) is 0 Å². The molecule has 0 bridgehead atoms. The quantitative estimate of drug-likeness (QED) is 0.921. The molecule has 0 aliphatic rings. The summed E-state index contributed by atoms with van der Waals surface area (Å²) in [4.78, 5) is 9.19. The maximum Gasteiger partial charge on any atom is 0.165 e. The SMILES string of the molecule is Cc1nc(-c2cn(C)nc2C(C)(C)C)nc(N)c1C(C)C. The van der Waals surface area contributed by atoms with Crippen LogP contribution in [0.4, 0.5) is 5.82 Å². The Labute approximate surface area is 126 Å². The summed E-state index contributed by atoms with van der Waals surface area (Å²) >= 11 is 0. The van der Waals surface area contributed by atoms with Gasteiger partial charge in [-0.1, -0.05) is 34.6 Å². The lowest BCUT2D eigenvalue weighted by atomic mass is 9.89. The zero-order chi connectivity index (χ0) is 15.9. The summed E-state index contributed by atoms with van der Waals surface area (Å²) in [7, 11) is 1.91. The third kappa shape index (κ3) is 2.91. The molecule has 0 fully saturated rings. The van der Waals surface area contributed by atoms with Crippen LogP contribution in [0, 0.1) is 6.92 Å². The molecule has 5 nitrogen and oxygen atoms in total. The molecular formula is C16H25N5. The summed E-state index contributed by atoms with van der Waals surface area (Å²) in [6.07, 6.45) is 1.96. The van der Waals surface area contributed by atoms with E-state index in [2.05, 4.69) is 49.7 Å². The minimum atomic E-state index is -0.0701. The normalized spacial score (nSPS) is 12.2. The Morgan fingerprint density at radius 3 is 2.29 bits per heavy atom. The monoisotopic (exact) mass is 287 g/mol. The fraction of sp³-hybridized carbons (Fsp3) is 0.562. The molecule has 0 aliphatic carbocycles. The molecule has 2 N–H and O–H groups in total. The van der Waals surface area contributed by atoms with Crippen LogP contribution in [0.5, 0.6) is 0 Å². The Bertz CT molecular complexity index is 639. The Balaban J connectivity index is 2.64. The van der Waals surface area contributed by atoms with Gasteiger partial charge in [-0.15, -0.1) is 0 Å². The van der Waals surface area contributed by atoms with Crippen molar-refractivity contribution >= 4 is 5.82 Å². The lowest BCUT2D eigenvalue weighted by molar-refractivity contribution is 0.554. The predicted molar refractivity (Wildman–Crippen MR) is 86.2 cm³/mol. The minimum Gasteiger partial charge on any atom is -0.383 e. The van der Waals surface area contributed by atoms with Crippen LogP contribution >= 0.6 is 0 Å². The molecule has 0 saturated heterocycles. The second-order valence-corrected chi connectivity index (χ2v) is 6.90. The van der Waals surface area contributed by atoms with Gasteiger partial charge in [0.05, 0.1) is 11.3 Å². The first-order valence-electron chi connectivity index (χ1n) is 7.29. The Kier molecular flexibility index (Phi) is 3.78. The predicted octanol–water partition coefficient (Wildman–Crippen LogP) is 3.19. The summed E-state index contributed by atoms with van der Waals surface area (Å²) < 4.78 is 1.81. The number of nitrogens with two attached hydrogens (primary N) is 1. The van der Waals surface area contributed by atoms with Crippen LogP contribution in [0.1, 0.15) is 57.5 Å². The van der Waals surface area contributed by atoms with E-state index >= 15 is 0 Å². The maximum atomic E-state index is 6.15. The van der Waals surface area contributed by atoms with E-state index in [4.69, 9.17) is 5.73 Å². The number of anilines is 1. The number of hydrogen-bond donors (Lipinski definition) is 1. The molecule has 21 heavy (non-hydrogen) atoms. The van der Waals surface area contributed by atoms with Gasteiger partial charge in [0, 0.05) is 29.9 Å². The van der Waals surface area contributed by atoms with Gasteiger partial charge in [-0.3, -0.25) is 4.68 Å². The van der Waals surface area contributed by atoms with Crippen LogP contribution in [0.25, 0.3) is 11.4 Å². The molecule has 5 heteroatoms. The lowest BCUT2D eigenvalue weighted by Crippen LogP contribution is -2.15. The zero-order valence-corrected chi connectivity index (χ0v) is 14.0. The topological polar surface area (TPSA) is 69.6 Å². The van der Waals surface area contributed by atoms with Crippen molar-refractivity contribution in [1.29, 1.82) is 0 Å². The van der Waals surface area contributed by atoms with Gasteiger partial charge in [-0.2, -0.15) is 5.10 Å². The highest BCUT2D eigenvalue weighted by Crippen LogP contribution is 2.32. The number of rotatable bonds is 2. The fourth-order valence-electron chi connectivity index (χ4n) is 2.64. The van der Waals surface area contributed by atoms with Crippen molar-refractivity contribution in [2.24, 2.45) is 7.05 Å². The standard InChI is InChI=1S/C16H25N5/c1-9(2)12-10(3)18-15(19-14(12)17)11-8-21(7)20-13(11)16(4,5)6/h8-9H,1-7H3,(H2,17,18,19). The van der Waals surface area contributed by atoms with Crippen LogP contribution in [-0.2, 0) is 12.5 Å². The minimum absolute atomic E-state index is 0.0701. The van der Waals surface area contributed by atoms with Crippen LogP contribution in [-0.4, -0.2) is 19.7 Å². The molecule has 0 aromatic carbocycles. The molecule has 2 rings (SSSR count). The Morgan fingerprint density at radius 1 is 1.19 bits per heavy atom. The molecule has 0 saturated carbocycles. The molecular weight excluding hydrogens is 262 g/mol. The van der Waals surface area contributed by atoms with Gasteiger partial charge in [-0.05, 0) is 12.8 Å². The second kappa shape index (κ2) is 5.13. The molecule has 2 aromatic heterocycles. The average Bonchev–Trinajstić information content (AvgIpc) is 2.69. The maximum absolute atomic E-state index is 6.15. The summed E-state index contributed by atoms with van der Waals surface area (Å²) in [5, 5.41) is 4.57. The van der Waals surface area contributed by atoms with Gasteiger partial charge in [0.1, 0.15) is 5.82 Å². The third-order valence-corrected chi connectivity index (χ3v) is 3.52. The van der Waals surface area contributed by atoms with Crippen molar-refractivity contribution < 1.29 is 0 Å². The highest BCUT2D eigenvalue weighted by atomic mass is 15.3. The summed E-state index contributed by atoms with van der Waals surface area (Å²) in [6, 6.07) is 0. The highest BCUT2D eigenvalue weighted by Gasteiger charge is 2.25. The van der Waals surface area contributed by atoms with Crippen molar-refractivity contribution in [3.63, 3.8) is 0 Å². The van der Waals surface area contributed by atoms with Crippen LogP contribution in [0.2, 0.25) is 0 Å². The smallest absolute Gasteiger partial charge is 0.165 e. The van der Waals surface area contributed by atoms with E-state index in [9.17, 15) is 0 Å². The van der Waals surface area contributed by atoms with Crippen molar-refractivity contribution in [3.05, 3.63) is 23.1 Å². The first kappa shape index (κ1) is 15.5. The molecule has 0 unspecified atom stereocenters. The van der Waals surface area contributed by atoms with Crippen LogP contribution in [0.3, 0.4) is 0 Å². The molecule has 0 radical (unpaired) electrons. The van der Waals surface area contributed by atoms with Crippen LogP contribution < -0.4 is 5.73 Å². The van der Waals surface area contributed by atoms with Gasteiger partial charge >= 0.3 is 0 Å². The Morgan fingerprint density at radius 2 is 1.81 bits per heavy atom. The summed E-state index contributed by atoms with van der Waals surface area (Å²) in [5.74, 6) is 1.54. The highest BCUT2D eigenvalue weighted by molar-refractivity contribution is 5.62. The van der Waals surface area contributed by atoms with Crippen molar-refractivity contribution in [3.8, 4) is 11.4 Å². The number of hydrogen-bond acceptors (Lipinski definition) is 4.